The second-order valence-corrected chi connectivity index (χ2v) is 6.01. The average Bonchev–Trinajstić information content (AvgIpc) is 2.87. The highest BCUT2D eigenvalue weighted by molar-refractivity contribution is 9.11. The van der Waals surface area contributed by atoms with E-state index in [-0.39, 0.29) is 5.69 Å². The van der Waals surface area contributed by atoms with Gasteiger partial charge in [-0.1, -0.05) is 15.9 Å². The molecule has 3 rings (SSSR count). The molecular formula is C13H8Br2FN5. The first-order valence-electron chi connectivity index (χ1n) is 5.85. The van der Waals surface area contributed by atoms with E-state index >= 15 is 0 Å². The molecule has 0 bridgehead atoms. The van der Waals surface area contributed by atoms with Gasteiger partial charge in [0.2, 0.25) is 0 Å². The topological polar surface area (TPSA) is 69.6 Å². The normalized spacial score (nSPS) is 10.8. The van der Waals surface area contributed by atoms with E-state index in [9.17, 15) is 4.39 Å². The molecule has 8 heteroatoms. The molecule has 3 aromatic rings. The number of halogens is 3. The first kappa shape index (κ1) is 14.2. The molecule has 0 unspecified atom stereocenters. The number of nitrogens with two attached hydrogens (primary N) is 1. The smallest absolute Gasteiger partial charge is 0.189 e. The number of nitrogen functional groups attached to an aromatic ring is 1. The minimum absolute atomic E-state index is 0.277. The Morgan fingerprint density at radius 2 is 1.90 bits per heavy atom. The Morgan fingerprint density at radius 1 is 1.10 bits per heavy atom. The molecule has 2 N–H and O–H groups in total. The number of rotatable bonds is 2. The van der Waals surface area contributed by atoms with Gasteiger partial charge >= 0.3 is 0 Å². The monoisotopic (exact) mass is 411 g/mol. The zero-order valence-electron chi connectivity index (χ0n) is 10.5. The Kier molecular flexibility index (Phi) is 3.73. The molecule has 0 saturated heterocycles. The SMILES string of the molecule is Nc1cc(F)ccc1-c1nnnn1-c1ccc(Br)cc1Br. The number of tetrazole rings is 1. The van der Waals surface area contributed by atoms with Crippen LogP contribution in [0, 0.1) is 5.82 Å². The lowest BCUT2D eigenvalue weighted by Crippen LogP contribution is -2.02. The third-order valence-corrected chi connectivity index (χ3v) is 3.99. The van der Waals surface area contributed by atoms with Crippen LogP contribution in [0.15, 0.2) is 45.3 Å². The summed E-state index contributed by atoms with van der Waals surface area (Å²) in [4.78, 5) is 0. The first-order valence-corrected chi connectivity index (χ1v) is 7.44. The fourth-order valence-corrected chi connectivity index (χ4v) is 3.12. The Balaban J connectivity index is 2.17. The third kappa shape index (κ3) is 2.68. The summed E-state index contributed by atoms with van der Waals surface area (Å²) in [6.45, 7) is 0. The van der Waals surface area contributed by atoms with Crippen molar-refractivity contribution < 1.29 is 4.39 Å². The molecule has 1 aromatic heterocycles. The standard InChI is InChI=1S/C13H8Br2FN5/c14-7-1-4-12(10(15)5-7)21-13(18-19-20-21)9-3-2-8(16)6-11(9)17/h1-6H,17H2. The lowest BCUT2D eigenvalue weighted by molar-refractivity contribution is 0.628. The minimum Gasteiger partial charge on any atom is -0.398 e. The van der Waals surface area contributed by atoms with Gasteiger partial charge in [-0.3, -0.25) is 0 Å². The van der Waals surface area contributed by atoms with Crippen molar-refractivity contribution in [1.29, 1.82) is 0 Å². The van der Waals surface area contributed by atoms with Gasteiger partial charge in [0.05, 0.1) is 5.69 Å². The molecule has 0 aliphatic rings. The summed E-state index contributed by atoms with van der Waals surface area (Å²) in [5.41, 5.74) is 7.45. The van der Waals surface area contributed by atoms with Crippen LogP contribution in [-0.4, -0.2) is 20.2 Å². The van der Waals surface area contributed by atoms with Gasteiger partial charge in [-0.25, -0.2) is 4.39 Å². The van der Waals surface area contributed by atoms with Gasteiger partial charge in [-0.15, -0.1) is 5.10 Å². The molecule has 0 radical (unpaired) electrons. The third-order valence-electron chi connectivity index (χ3n) is 2.86. The number of aromatic nitrogens is 4. The van der Waals surface area contributed by atoms with E-state index in [0.717, 1.165) is 14.6 Å². The van der Waals surface area contributed by atoms with E-state index in [1.165, 1.54) is 12.1 Å². The predicted octanol–water partition coefficient (Wildman–Crippen LogP) is 3.58. The number of nitrogens with zero attached hydrogens (tertiary/aromatic N) is 4. The van der Waals surface area contributed by atoms with Crippen LogP contribution in [0.3, 0.4) is 0 Å². The maximum atomic E-state index is 13.2. The maximum Gasteiger partial charge on any atom is 0.189 e. The number of benzene rings is 2. The van der Waals surface area contributed by atoms with Crippen LogP contribution in [0.2, 0.25) is 0 Å². The van der Waals surface area contributed by atoms with Gasteiger partial charge in [0.15, 0.2) is 5.82 Å². The van der Waals surface area contributed by atoms with E-state index in [2.05, 4.69) is 47.4 Å². The van der Waals surface area contributed by atoms with Crippen molar-refractivity contribution in [3.05, 3.63) is 51.2 Å². The van der Waals surface area contributed by atoms with Crippen molar-refractivity contribution >= 4 is 37.5 Å². The van der Waals surface area contributed by atoms with Crippen LogP contribution in [0.5, 0.6) is 0 Å². The second-order valence-electron chi connectivity index (χ2n) is 4.24. The molecule has 21 heavy (non-hydrogen) atoms. The molecule has 106 valence electrons. The van der Waals surface area contributed by atoms with Gasteiger partial charge in [-0.05, 0) is 62.8 Å². The van der Waals surface area contributed by atoms with Crippen LogP contribution in [0.25, 0.3) is 17.1 Å². The predicted molar refractivity (Wildman–Crippen MR) is 84.4 cm³/mol. The van der Waals surface area contributed by atoms with Crippen molar-refractivity contribution in [2.24, 2.45) is 0 Å². The summed E-state index contributed by atoms with van der Waals surface area (Å²) in [6.07, 6.45) is 0. The molecule has 2 aromatic carbocycles. The molecule has 0 saturated carbocycles. The zero-order chi connectivity index (χ0) is 15.0. The Bertz CT molecular complexity index is 752. The molecule has 0 fully saturated rings. The van der Waals surface area contributed by atoms with Crippen LogP contribution in [-0.2, 0) is 0 Å². The summed E-state index contributed by atoms with van der Waals surface area (Å²) in [5, 5.41) is 11.6. The summed E-state index contributed by atoms with van der Waals surface area (Å²) in [5.74, 6) is 0.0376. The molecule has 0 aliphatic carbocycles. The number of hydrogen-bond acceptors (Lipinski definition) is 4. The summed E-state index contributed by atoms with van der Waals surface area (Å²) in [7, 11) is 0. The van der Waals surface area contributed by atoms with Crippen LogP contribution in [0.1, 0.15) is 0 Å². The summed E-state index contributed by atoms with van der Waals surface area (Å²) < 4.78 is 16.4. The van der Waals surface area contributed by atoms with Crippen molar-refractivity contribution in [2.45, 2.75) is 0 Å². The molecule has 0 spiro atoms. The summed E-state index contributed by atoms with van der Waals surface area (Å²) >= 11 is 6.86. The first-order chi connectivity index (χ1) is 10.1. The molecule has 5 nitrogen and oxygen atoms in total. The minimum atomic E-state index is -0.403. The van der Waals surface area contributed by atoms with Crippen molar-refractivity contribution in [3.8, 4) is 17.1 Å². The van der Waals surface area contributed by atoms with Gasteiger partial charge in [0.1, 0.15) is 5.82 Å². The lowest BCUT2D eigenvalue weighted by Gasteiger charge is -2.09. The van der Waals surface area contributed by atoms with Gasteiger partial charge in [-0.2, -0.15) is 4.68 Å². The Morgan fingerprint density at radius 3 is 2.62 bits per heavy atom. The summed E-state index contributed by atoms with van der Waals surface area (Å²) in [6, 6.07) is 9.73. The highest BCUT2D eigenvalue weighted by atomic mass is 79.9. The zero-order valence-corrected chi connectivity index (χ0v) is 13.6. The van der Waals surface area contributed by atoms with Crippen LogP contribution in [0.4, 0.5) is 10.1 Å². The van der Waals surface area contributed by atoms with E-state index < -0.39 is 5.82 Å². The quantitative estimate of drug-likeness (QED) is 0.653. The lowest BCUT2D eigenvalue weighted by atomic mass is 10.1. The highest BCUT2D eigenvalue weighted by Gasteiger charge is 2.15. The fraction of sp³-hybridized carbons (Fsp3) is 0. The molecule has 1 heterocycles. The van der Waals surface area contributed by atoms with Gasteiger partial charge < -0.3 is 5.73 Å². The molecule has 0 aliphatic heterocycles. The number of hydrogen-bond donors (Lipinski definition) is 1. The maximum absolute atomic E-state index is 13.2. The van der Waals surface area contributed by atoms with Crippen molar-refractivity contribution in [3.63, 3.8) is 0 Å². The average molecular weight is 413 g/mol. The highest BCUT2D eigenvalue weighted by Crippen LogP contribution is 2.30. The number of anilines is 1. The second kappa shape index (κ2) is 5.53. The van der Waals surface area contributed by atoms with E-state index in [0.29, 0.717) is 11.4 Å². The van der Waals surface area contributed by atoms with Crippen molar-refractivity contribution in [1.82, 2.24) is 20.2 Å². The Labute approximate surface area is 136 Å². The fourth-order valence-electron chi connectivity index (χ4n) is 1.91. The Hall–Kier alpha value is -1.80. The van der Waals surface area contributed by atoms with Crippen LogP contribution >= 0.6 is 31.9 Å². The van der Waals surface area contributed by atoms with Crippen LogP contribution < -0.4 is 5.73 Å². The molecular weight excluding hydrogens is 405 g/mol. The van der Waals surface area contributed by atoms with E-state index in [1.807, 2.05) is 18.2 Å². The van der Waals surface area contributed by atoms with Gasteiger partial charge in [0.25, 0.3) is 0 Å². The molecule has 0 atom stereocenters. The molecule has 0 amide bonds. The van der Waals surface area contributed by atoms with E-state index in [1.54, 1.807) is 10.7 Å². The largest absolute Gasteiger partial charge is 0.398 e. The van der Waals surface area contributed by atoms with Gasteiger partial charge in [0, 0.05) is 20.2 Å². The van der Waals surface area contributed by atoms with E-state index in [4.69, 9.17) is 5.73 Å². The van der Waals surface area contributed by atoms with Crippen molar-refractivity contribution in [2.75, 3.05) is 5.73 Å².